The number of anilines is 1. The van der Waals surface area contributed by atoms with Crippen LogP contribution < -0.4 is 10.1 Å². The van der Waals surface area contributed by atoms with Crippen LogP contribution in [0.3, 0.4) is 0 Å². The monoisotopic (exact) mass is 230 g/mol. The number of methoxy groups -OCH3 is 1. The maximum absolute atomic E-state index is 5.20. The Kier molecular flexibility index (Phi) is 3.81. The average molecular weight is 230 g/mol. The molecule has 0 unspecified atom stereocenters. The summed E-state index contributed by atoms with van der Waals surface area (Å²) < 4.78 is 5.20. The van der Waals surface area contributed by atoms with Crippen molar-refractivity contribution in [2.45, 2.75) is 19.8 Å². The van der Waals surface area contributed by atoms with Crippen LogP contribution >= 0.6 is 0 Å². The Labute approximate surface area is 102 Å². The number of nitrogens with zero attached hydrogens (tertiary/aromatic N) is 1. The molecule has 0 amide bonds. The van der Waals surface area contributed by atoms with E-state index in [0.29, 0.717) is 0 Å². The van der Waals surface area contributed by atoms with E-state index in [1.165, 1.54) is 12.8 Å². The van der Waals surface area contributed by atoms with E-state index < -0.39 is 0 Å². The van der Waals surface area contributed by atoms with Crippen LogP contribution in [0.2, 0.25) is 0 Å². The normalized spacial score (nSPS) is 10.5. The first-order valence-corrected chi connectivity index (χ1v) is 6.01. The van der Waals surface area contributed by atoms with Gasteiger partial charge in [-0.2, -0.15) is 0 Å². The van der Waals surface area contributed by atoms with Gasteiger partial charge in [-0.3, -0.25) is 4.98 Å². The van der Waals surface area contributed by atoms with Crippen LogP contribution in [0, 0.1) is 0 Å². The number of pyridine rings is 1. The van der Waals surface area contributed by atoms with Crippen LogP contribution in [0.1, 0.15) is 19.8 Å². The van der Waals surface area contributed by atoms with E-state index in [2.05, 4.69) is 23.3 Å². The van der Waals surface area contributed by atoms with Gasteiger partial charge in [-0.25, -0.2) is 0 Å². The quantitative estimate of drug-likeness (QED) is 0.799. The van der Waals surface area contributed by atoms with E-state index in [1.807, 2.05) is 24.4 Å². The van der Waals surface area contributed by atoms with Gasteiger partial charge in [-0.1, -0.05) is 13.3 Å². The Morgan fingerprint density at radius 1 is 1.29 bits per heavy atom. The third-order valence-corrected chi connectivity index (χ3v) is 2.80. The topological polar surface area (TPSA) is 34.2 Å². The molecule has 0 saturated carbocycles. The first-order chi connectivity index (χ1) is 8.35. The Morgan fingerprint density at radius 2 is 2.18 bits per heavy atom. The zero-order valence-corrected chi connectivity index (χ0v) is 10.4. The van der Waals surface area contributed by atoms with Crippen LogP contribution in [-0.4, -0.2) is 18.6 Å². The maximum Gasteiger partial charge on any atom is 0.121 e. The third kappa shape index (κ3) is 2.67. The fourth-order valence-electron chi connectivity index (χ4n) is 1.81. The van der Waals surface area contributed by atoms with E-state index in [0.717, 1.165) is 28.9 Å². The van der Waals surface area contributed by atoms with Crippen LogP contribution in [0.15, 0.2) is 30.5 Å². The van der Waals surface area contributed by atoms with Crippen molar-refractivity contribution in [2.75, 3.05) is 19.0 Å². The summed E-state index contributed by atoms with van der Waals surface area (Å²) in [6.45, 7) is 3.19. The van der Waals surface area contributed by atoms with Gasteiger partial charge >= 0.3 is 0 Å². The number of fused-ring (bicyclic) bond motifs is 1. The highest BCUT2D eigenvalue weighted by Gasteiger charge is 2.02. The number of unbranched alkanes of at least 4 members (excludes halogenated alkanes) is 1. The lowest BCUT2D eigenvalue weighted by Crippen LogP contribution is -2.01. The number of ether oxygens (including phenoxy) is 1. The molecule has 1 aromatic carbocycles. The molecule has 3 heteroatoms. The molecule has 2 aromatic rings. The predicted octanol–water partition coefficient (Wildman–Crippen LogP) is 3.46. The zero-order valence-electron chi connectivity index (χ0n) is 10.4. The number of hydrogen-bond donors (Lipinski definition) is 1. The second-order valence-electron chi connectivity index (χ2n) is 4.02. The number of aromatic nitrogens is 1. The first kappa shape index (κ1) is 11.7. The molecule has 0 radical (unpaired) electrons. The Bertz CT molecular complexity index is 497. The van der Waals surface area contributed by atoms with E-state index in [-0.39, 0.29) is 0 Å². The van der Waals surface area contributed by atoms with E-state index in [4.69, 9.17) is 4.74 Å². The maximum atomic E-state index is 5.20. The summed E-state index contributed by atoms with van der Waals surface area (Å²) in [4.78, 5) is 4.36. The highest BCUT2D eigenvalue weighted by Crippen LogP contribution is 2.25. The van der Waals surface area contributed by atoms with Gasteiger partial charge in [0.25, 0.3) is 0 Å². The van der Waals surface area contributed by atoms with Crippen molar-refractivity contribution in [1.29, 1.82) is 0 Å². The van der Waals surface area contributed by atoms with Gasteiger partial charge < -0.3 is 10.1 Å². The molecule has 17 heavy (non-hydrogen) atoms. The molecule has 0 spiro atoms. The molecule has 1 aromatic heterocycles. The molecule has 1 heterocycles. The molecule has 3 nitrogen and oxygen atoms in total. The fourth-order valence-corrected chi connectivity index (χ4v) is 1.81. The summed E-state index contributed by atoms with van der Waals surface area (Å²) in [7, 11) is 1.67. The van der Waals surface area contributed by atoms with E-state index >= 15 is 0 Å². The number of nitrogens with one attached hydrogen (secondary N) is 1. The molecular weight excluding hydrogens is 212 g/mol. The van der Waals surface area contributed by atoms with E-state index in [1.54, 1.807) is 7.11 Å². The van der Waals surface area contributed by atoms with Crippen LogP contribution in [0.25, 0.3) is 10.9 Å². The molecule has 0 aliphatic carbocycles. The summed E-state index contributed by atoms with van der Waals surface area (Å²) in [6.07, 6.45) is 4.21. The second kappa shape index (κ2) is 5.53. The van der Waals surface area contributed by atoms with Crippen LogP contribution in [0.5, 0.6) is 5.75 Å². The SMILES string of the molecule is CCCCNc1ccnc2cc(OC)ccc12. The van der Waals surface area contributed by atoms with Gasteiger partial charge in [0.2, 0.25) is 0 Å². The number of benzene rings is 1. The second-order valence-corrected chi connectivity index (χ2v) is 4.02. The largest absolute Gasteiger partial charge is 0.497 e. The van der Waals surface area contributed by atoms with Crippen molar-refractivity contribution in [3.05, 3.63) is 30.5 Å². The highest BCUT2D eigenvalue weighted by atomic mass is 16.5. The molecule has 1 N–H and O–H groups in total. The molecule has 2 rings (SSSR count). The summed E-state index contributed by atoms with van der Waals surface area (Å²) in [5.41, 5.74) is 2.11. The standard InChI is InChI=1S/C14H18N2O/c1-3-4-8-15-13-7-9-16-14-10-11(17-2)5-6-12(13)14/h5-7,9-10H,3-4,8H2,1-2H3,(H,15,16). The molecule has 0 aliphatic rings. The van der Waals surface area contributed by atoms with Crippen molar-refractivity contribution >= 4 is 16.6 Å². The Morgan fingerprint density at radius 3 is 2.94 bits per heavy atom. The van der Waals surface area contributed by atoms with Gasteiger partial charge in [0.15, 0.2) is 0 Å². The lowest BCUT2D eigenvalue weighted by molar-refractivity contribution is 0.415. The molecule has 90 valence electrons. The molecule has 0 atom stereocenters. The van der Waals surface area contributed by atoms with Gasteiger partial charge in [0.1, 0.15) is 5.75 Å². The molecule has 0 aliphatic heterocycles. The van der Waals surface area contributed by atoms with Gasteiger partial charge in [0.05, 0.1) is 12.6 Å². The zero-order chi connectivity index (χ0) is 12.1. The van der Waals surface area contributed by atoms with Crippen molar-refractivity contribution < 1.29 is 4.74 Å². The summed E-state index contributed by atoms with van der Waals surface area (Å²) >= 11 is 0. The van der Waals surface area contributed by atoms with Gasteiger partial charge in [0, 0.05) is 29.9 Å². The Balaban J connectivity index is 2.30. The minimum atomic E-state index is 0.843. The summed E-state index contributed by atoms with van der Waals surface area (Å²) in [5.74, 6) is 0.843. The minimum absolute atomic E-state index is 0.843. The first-order valence-electron chi connectivity index (χ1n) is 6.01. The number of rotatable bonds is 5. The van der Waals surface area contributed by atoms with Gasteiger partial charge in [-0.15, -0.1) is 0 Å². The third-order valence-electron chi connectivity index (χ3n) is 2.80. The lowest BCUT2D eigenvalue weighted by Gasteiger charge is -2.09. The van der Waals surface area contributed by atoms with Crippen molar-refractivity contribution in [3.8, 4) is 5.75 Å². The lowest BCUT2D eigenvalue weighted by atomic mass is 10.1. The van der Waals surface area contributed by atoms with E-state index in [9.17, 15) is 0 Å². The average Bonchev–Trinajstić information content (AvgIpc) is 2.38. The fraction of sp³-hybridized carbons (Fsp3) is 0.357. The smallest absolute Gasteiger partial charge is 0.121 e. The summed E-state index contributed by atoms with van der Waals surface area (Å²) in [6, 6.07) is 8.00. The Hall–Kier alpha value is -1.77. The molecular formula is C14H18N2O. The van der Waals surface area contributed by atoms with Crippen LogP contribution in [-0.2, 0) is 0 Å². The van der Waals surface area contributed by atoms with Crippen molar-refractivity contribution in [2.24, 2.45) is 0 Å². The molecule has 0 fully saturated rings. The van der Waals surface area contributed by atoms with Crippen molar-refractivity contribution in [1.82, 2.24) is 4.98 Å². The molecule has 0 bridgehead atoms. The number of hydrogen-bond acceptors (Lipinski definition) is 3. The van der Waals surface area contributed by atoms with Crippen LogP contribution in [0.4, 0.5) is 5.69 Å². The predicted molar refractivity (Wildman–Crippen MR) is 71.7 cm³/mol. The van der Waals surface area contributed by atoms with Gasteiger partial charge in [-0.05, 0) is 24.6 Å². The molecule has 0 saturated heterocycles. The minimum Gasteiger partial charge on any atom is -0.497 e. The highest BCUT2D eigenvalue weighted by molar-refractivity contribution is 5.91. The summed E-state index contributed by atoms with van der Waals surface area (Å²) in [5, 5.41) is 4.59. The van der Waals surface area contributed by atoms with Crippen molar-refractivity contribution in [3.63, 3.8) is 0 Å².